The molecule has 0 radical (unpaired) electrons. The van der Waals surface area contributed by atoms with Crippen LogP contribution >= 0.6 is 0 Å². The van der Waals surface area contributed by atoms with Gasteiger partial charge in [0.25, 0.3) is 0 Å². The predicted molar refractivity (Wildman–Crippen MR) is 121 cm³/mol. The number of carbonyl (C=O) groups is 3. The number of fused-ring (bicyclic) bond motifs is 3. The summed E-state index contributed by atoms with van der Waals surface area (Å²) in [7, 11) is 0. The molecule has 2 aromatic rings. The van der Waals surface area contributed by atoms with Crippen molar-refractivity contribution in [3.63, 3.8) is 0 Å². The van der Waals surface area contributed by atoms with Gasteiger partial charge in [0.1, 0.15) is 23.8 Å². The quantitative estimate of drug-likeness (QED) is 0.684. The van der Waals surface area contributed by atoms with Gasteiger partial charge in [0.15, 0.2) is 0 Å². The van der Waals surface area contributed by atoms with E-state index in [-0.39, 0.29) is 25.5 Å². The molecule has 1 saturated heterocycles. The second-order valence-corrected chi connectivity index (χ2v) is 9.65. The van der Waals surface area contributed by atoms with Gasteiger partial charge in [-0.1, -0.05) is 48.5 Å². The number of likely N-dealkylation sites (tertiary alicyclic amines) is 1. The number of carboxylic acids is 1. The molecule has 8 heteroatoms. The third kappa shape index (κ3) is 4.30. The first-order chi connectivity index (χ1) is 15.5. The largest absolute Gasteiger partial charge is 0.480 e. The molecule has 0 aromatic heterocycles. The summed E-state index contributed by atoms with van der Waals surface area (Å²) >= 11 is 0. The van der Waals surface area contributed by atoms with Gasteiger partial charge >= 0.3 is 18.0 Å². The number of benzene rings is 2. The fourth-order valence-electron chi connectivity index (χ4n) is 4.54. The minimum absolute atomic E-state index is 0.0506. The topological polar surface area (TPSA) is 119 Å². The lowest BCUT2D eigenvalue weighted by atomic mass is 9.97. The van der Waals surface area contributed by atoms with Crippen molar-refractivity contribution in [2.24, 2.45) is 5.73 Å². The molecule has 1 amide bonds. The normalized spacial score (nSPS) is 21.9. The highest BCUT2D eigenvalue weighted by molar-refractivity contribution is 5.88. The summed E-state index contributed by atoms with van der Waals surface area (Å²) in [5.41, 5.74) is 7.74. The minimum Gasteiger partial charge on any atom is -0.480 e. The summed E-state index contributed by atoms with van der Waals surface area (Å²) in [4.78, 5) is 38.6. The average molecular weight is 453 g/mol. The summed E-state index contributed by atoms with van der Waals surface area (Å²) in [5, 5.41) is 9.57. The van der Waals surface area contributed by atoms with E-state index in [9.17, 15) is 19.5 Å². The molecule has 2 aromatic carbocycles. The number of carboxylic acid groups (broad SMARTS) is 1. The summed E-state index contributed by atoms with van der Waals surface area (Å²) in [6.07, 6.45) is -1.04. The number of hydrogen-bond donors (Lipinski definition) is 2. The number of nitrogens with zero attached hydrogens (tertiary/aromatic N) is 1. The summed E-state index contributed by atoms with van der Waals surface area (Å²) in [6.45, 7) is 4.80. The van der Waals surface area contributed by atoms with E-state index in [1.165, 1.54) is 0 Å². The highest BCUT2D eigenvalue weighted by Gasteiger charge is 2.53. The fraction of sp³-hybridized carbons (Fsp3) is 0.400. The predicted octanol–water partition coefficient (Wildman–Crippen LogP) is 3.13. The Hall–Kier alpha value is -3.39. The monoisotopic (exact) mass is 452 g/mol. The van der Waals surface area contributed by atoms with Crippen molar-refractivity contribution in [2.75, 3.05) is 13.2 Å². The minimum atomic E-state index is -1.76. The molecule has 2 atom stereocenters. The van der Waals surface area contributed by atoms with Crippen LogP contribution < -0.4 is 5.73 Å². The van der Waals surface area contributed by atoms with E-state index < -0.39 is 35.2 Å². The lowest BCUT2D eigenvalue weighted by molar-refractivity contribution is -0.159. The van der Waals surface area contributed by atoms with E-state index in [1.54, 1.807) is 20.8 Å². The third-order valence-electron chi connectivity index (χ3n) is 6.06. The molecule has 8 nitrogen and oxygen atoms in total. The molecule has 0 spiro atoms. The molecule has 4 rings (SSSR count). The number of nitrogens with two attached hydrogens (primary N) is 1. The van der Waals surface area contributed by atoms with Crippen LogP contribution in [0.4, 0.5) is 4.79 Å². The molecular formula is C25H28N2O6. The van der Waals surface area contributed by atoms with Gasteiger partial charge in [-0.05, 0) is 43.0 Å². The lowest BCUT2D eigenvalue weighted by Gasteiger charge is -2.27. The van der Waals surface area contributed by atoms with Crippen LogP contribution in [0.5, 0.6) is 0 Å². The SMILES string of the molecule is CC(C)(C)OC(=O)[C@@H]1C[C@](N)(C(=O)O)CN1C(=O)OCC1c2ccccc2-c2ccccc21. The van der Waals surface area contributed by atoms with Crippen molar-refractivity contribution in [3.8, 4) is 11.1 Å². The first-order valence-corrected chi connectivity index (χ1v) is 10.9. The fourth-order valence-corrected chi connectivity index (χ4v) is 4.54. The highest BCUT2D eigenvalue weighted by atomic mass is 16.6. The molecule has 2 aliphatic rings. The maximum absolute atomic E-state index is 13.1. The summed E-state index contributed by atoms with van der Waals surface area (Å²) < 4.78 is 11.0. The number of rotatable bonds is 4. The number of carbonyl (C=O) groups excluding carboxylic acids is 2. The van der Waals surface area contributed by atoms with Gasteiger partial charge in [-0.15, -0.1) is 0 Å². The molecule has 1 heterocycles. The maximum atomic E-state index is 13.1. The van der Waals surface area contributed by atoms with E-state index in [1.807, 2.05) is 48.5 Å². The summed E-state index contributed by atoms with van der Waals surface area (Å²) in [6, 6.07) is 14.7. The maximum Gasteiger partial charge on any atom is 0.410 e. The Kier molecular flexibility index (Phi) is 5.66. The lowest BCUT2D eigenvalue weighted by Crippen LogP contribution is -2.50. The number of aliphatic carboxylic acids is 1. The van der Waals surface area contributed by atoms with Crippen LogP contribution in [0.3, 0.4) is 0 Å². The van der Waals surface area contributed by atoms with Crippen molar-refractivity contribution >= 4 is 18.0 Å². The molecule has 174 valence electrons. The van der Waals surface area contributed by atoms with E-state index in [0.29, 0.717) is 0 Å². The van der Waals surface area contributed by atoms with Gasteiger partial charge in [0, 0.05) is 12.3 Å². The third-order valence-corrected chi connectivity index (χ3v) is 6.06. The van der Waals surface area contributed by atoms with E-state index in [0.717, 1.165) is 27.2 Å². The molecular weight excluding hydrogens is 424 g/mol. The zero-order valence-electron chi connectivity index (χ0n) is 18.9. The van der Waals surface area contributed by atoms with Crippen LogP contribution in [0.15, 0.2) is 48.5 Å². The van der Waals surface area contributed by atoms with Crippen molar-refractivity contribution in [2.45, 2.75) is 50.3 Å². The Morgan fingerprint density at radius 3 is 2.12 bits per heavy atom. The van der Waals surface area contributed by atoms with Crippen molar-refractivity contribution < 1.29 is 29.0 Å². The van der Waals surface area contributed by atoms with Crippen LogP contribution in [0.25, 0.3) is 11.1 Å². The van der Waals surface area contributed by atoms with E-state index in [2.05, 4.69) is 0 Å². The Balaban J connectivity index is 1.54. The standard InChI is InChI=1S/C25H28N2O6/c1-24(2,3)33-21(28)20-12-25(26,22(29)30)14-27(20)23(31)32-13-19-17-10-6-4-8-15(17)16-9-5-7-11-18(16)19/h4-11,19-20H,12-14,26H2,1-3H3,(H,29,30)/t20-,25+/m0/s1. The van der Waals surface area contributed by atoms with Crippen LogP contribution in [0.2, 0.25) is 0 Å². The van der Waals surface area contributed by atoms with Gasteiger partial charge in [0.05, 0.1) is 6.54 Å². The van der Waals surface area contributed by atoms with Crippen LogP contribution in [-0.2, 0) is 19.1 Å². The molecule has 1 aliphatic heterocycles. The van der Waals surface area contributed by atoms with Crippen LogP contribution in [0.1, 0.15) is 44.2 Å². The van der Waals surface area contributed by atoms with Crippen LogP contribution in [-0.4, -0.2) is 58.4 Å². The average Bonchev–Trinajstić information content (AvgIpc) is 3.28. The molecule has 1 fully saturated rings. The first kappa shape index (κ1) is 22.8. The zero-order chi connectivity index (χ0) is 24.0. The van der Waals surface area contributed by atoms with Gasteiger partial charge in [-0.3, -0.25) is 9.69 Å². The Bertz CT molecular complexity index is 1060. The molecule has 0 saturated carbocycles. The van der Waals surface area contributed by atoms with Crippen molar-refractivity contribution in [1.82, 2.24) is 4.90 Å². The zero-order valence-corrected chi connectivity index (χ0v) is 18.9. The number of ether oxygens (including phenoxy) is 2. The van der Waals surface area contributed by atoms with E-state index in [4.69, 9.17) is 15.2 Å². The van der Waals surface area contributed by atoms with Gasteiger partial charge in [0.2, 0.25) is 0 Å². The molecule has 1 aliphatic carbocycles. The van der Waals surface area contributed by atoms with Crippen molar-refractivity contribution in [3.05, 3.63) is 59.7 Å². The molecule has 33 heavy (non-hydrogen) atoms. The van der Waals surface area contributed by atoms with E-state index >= 15 is 0 Å². The van der Waals surface area contributed by atoms with Gasteiger partial charge in [-0.25, -0.2) is 9.59 Å². The second-order valence-electron chi connectivity index (χ2n) is 9.65. The Labute approximate surface area is 192 Å². The number of amides is 1. The number of hydrogen-bond acceptors (Lipinski definition) is 6. The molecule has 0 bridgehead atoms. The smallest absolute Gasteiger partial charge is 0.410 e. The Morgan fingerprint density at radius 2 is 1.61 bits per heavy atom. The number of esters is 1. The Morgan fingerprint density at radius 1 is 1.06 bits per heavy atom. The molecule has 3 N–H and O–H groups in total. The van der Waals surface area contributed by atoms with Gasteiger partial charge in [-0.2, -0.15) is 0 Å². The first-order valence-electron chi connectivity index (χ1n) is 10.9. The van der Waals surface area contributed by atoms with Crippen molar-refractivity contribution in [1.29, 1.82) is 0 Å². The van der Waals surface area contributed by atoms with Crippen LogP contribution in [0, 0.1) is 0 Å². The second kappa shape index (κ2) is 8.19. The highest BCUT2D eigenvalue weighted by Crippen LogP contribution is 2.44. The van der Waals surface area contributed by atoms with Gasteiger partial charge < -0.3 is 20.3 Å². The summed E-state index contributed by atoms with van der Waals surface area (Å²) in [5.74, 6) is -2.15. The molecule has 0 unspecified atom stereocenters.